The zero-order chi connectivity index (χ0) is 7.56. The number of hydrogen-bond donors (Lipinski definition) is 0. The van der Waals surface area contributed by atoms with Crippen molar-refractivity contribution in [2.75, 3.05) is 7.11 Å². The molecule has 1 unspecified atom stereocenters. The number of nitrogens with zero attached hydrogens (tertiary/aromatic N) is 1. The summed E-state index contributed by atoms with van der Waals surface area (Å²) in [6.45, 7) is 1.97. The van der Waals surface area contributed by atoms with Crippen LogP contribution in [0, 0.1) is 0 Å². The number of aromatic nitrogens is 1. The van der Waals surface area contributed by atoms with Crippen LogP contribution in [0.25, 0.3) is 0 Å². The van der Waals surface area contributed by atoms with Gasteiger partial charge in [-0.2, -0.15) is 0 Å². The lowest BCUT2D eigenvalue weighted by Gasteiger charge is -2.03. The Balaban J connectivity index is 2.74. The van der Waals surface area contributed by atoms with Crippen molar-refractivity contribution in [1.29, 1.82) is 0 Å². The van der Waals surface area contributed by atoms with Crippen LogP contribution in [-0.4, -0.2) is 12.1 Å². The van der Waals surface area contributed by atoms with Gasteiger partial charge in [-0.25, -0.2) is 4.98 Å². The normalized spacial score (nSPS) is 13.5. The molecule has 0 spiro atoms. The molecule has 56 valence electrons. The van der Waals surface area contributed by atoms with Crippen molar-refractivity contribution in [3.8, 4) is 0 Å². The third kappa shape index (κ3) is 1.78. The minimum absolute atomic E-state index is 0.0996. The highest BCUT2D eigenvalue weighted by molar-refractivity contribution is 9.11. The zero-order valence-electron chi connectivity index (χ0n) is 5.80. The van der Waals surface area contributed by atoms with Crippen molar-refractivity contribution < 1.29 is 4.74 Å². The summed E-state index contributed by atoms with van der Waals surface area (Å²) >= 11 is 4.86. The molecule has 0 aliphatic carbocycles. The Bertz CT molecular complexity index is 213. The van der Waals surface area contributed by atoms with Crippen molar-refractivity contribution in [3.63, 3.8) is 0 Å². The van der Waals surface area contributed by atoms with Crippen LogP contribution in [-0.2, 0) is 4.74 Å². The molecule has 4 heteroatoms. The predicted octanol–water partition coefficient (Wildman–Crippen LogP) is 2.61. The summed E-state index contributed by atoms with van der Waals surface area (Å²) in [5, 5.41) is 1.98. The van der Waals surface area contributed by atoms with Gasteiger partial charge in [0.25, 0.3) is 0 Å². The van der Waals surface area contributed by atoms with E-state index in [1.54, 1.807) is 18.4 Å². The van der Waals surface area contributed by atoms with Crippen LogP contribution in [0.4, 0.5) is 0 Å². The molecule has 1 heterocycles. The van der Waals surface area contributed by atoms with Crippen molar-refractivity contribution >= 4 is 27.3 Å². The summed E-state index contributed by atoms with van der Waals surface area (Å²) in [5.41, 5.74) is 0.986. The highest BCUT2D eigenvalue weighted by atomic mass is 79.9. The molecular formula is C6H8BrNOS. The summed E-state index contributed by atoms with van der Waals surface area (Å²) in [6, 6.07) is 0. The first kappa shape index (κ1) is 8.17. The largest absolute Gasteiger partial charge is 0.375 e. The minimum atomic E-state index is 0.0996. The number of halogens is 1. The van der Waals surface area contributed by atoms with Crippen molar-refractivity contribution in [3.05, 3.63) is 15.0 Å². The molecule has 1 atom stereocenters. The zero-order valence-corrected chi connectivity index (χ0v) is 8.20. The average molecular weight is 222 g/mol. The highest BCUT2D eigenvalue weighted by Gasteiger charge is 2.06. The second-order valence-electron chi connectivity index (χ2n) is 1.90. The monoisotopic (exact) mass is 221 g/mol. The molecule has 0 saturated carbocycles. The van der Waals surface area contributed by atoms with Gasteiger partial charge in [0.1, 0.15) is 0 Å². The molecule has 0 saturated heterocycles. The number of hydrogen-bond acceptors (Lipinski definition) is 3. The fourth-order valence-corrected chi connectivity index (χ4v) is 1.68. The predicted molar refractivity (Wildman–Crippen MR) is 45.2 cm³/mol. The molecule has 2 nitrogen and oxygen atoms in total. The molecule has 0 aliphatic rings. The van der Waals surface area contributed by atoms with Gasteiger partial charge in [0.2, 0.25) is 0 Å². The molecule has 0 bridgehead atoms. The highest BCUT2D eigenvalue weighted by Crippen LogP contribution is 2.21. The van der Waals surface area contributed by atoms with Crippen molar-refractivity contribution in [1.82, 2.24) is 4.98 Å². The molecule has 0 aliphatic heterocycles. The SMILES string of the molecule is COC(C)c1csc(Br)n1. The minimum Gasteiger partial charge on any atom is -0.375 e. The lowest BCUT2D eigenvalue weighted by Crippen LogP contribution is -1.94. The van der Waals surface area contributed by atoms with Crippen LogP contribution < -0.4 is 0 Å². The summed E-state index contributed by atoms with van der Waals surface area (Å²) in [5.74, 6) is 0. The van der Waals surface area contributed by atoms with E-state index in [0.29, 0.717) is 0 Å². The fraction of sp³-hybridized carbons (Fsp3) is 0.500. The Hall–Kier alpha value is 0.0700. The van der Waals surface area contributed by atoms with Crippen LogP contribution in [0.3, 0.4) is 0 Å². The van der Waals surface area contributed by atoms with E-state index < -0.39 is 0 Å². The molecule has 0 aromatic carbocycles. The molecule has 1 aromatic rings. The van der Waals surface area contributed by atoms with E-state index in [9.17, 15) is 0 Å². The molecule has 0 amide bonds. The first-order valence-corrected chi connectivity index (χ1v) is 4.55. The second-order valence-corrected chi connectivity index (χ2v) is 4.04. The Labute approximate surface area is 72.4 Å². The van der Waals surface area contributed by atoms with Gasteiger partial charge in [-0.05, 0) is 22.9 Å². The third-order valence-corrected chi connectivity index (χ3v) is 2.65. The Morgan fingerprint density at radius 2 is 2.50 bits per heavy atom. The summed E-state index contributed by atoms with van der Waals surface area (Å²) in [6.07, 6.45) is 0.0996. The number of rotatable bonds is 2. The van der Waals surface area contributed by atoms with Gasteiger partial charge in [-0.1, -0.05) is 0 Å². The van der Waals surface area contributed by atoms with Crippen LogP contribution in [0.1, 0.15) is 18.7 Å². The standard InChI is InChI=1S/C6H8BrNOS/c1-4(9-2)5-3-10-6(7)8-5/h3-4H,1-2H3. The molecule has 0 radical (unpaired) electrons. The number of ether oxygens (including phenoxy) is 1. The van der Waals surface area contributed by atoms with Gasteiger partial charge in [-0.15, -0.1) is 11.3 Å². The van der Waals surface area contributed by atoms with E-state index in [1.807, 2.05) is 12.3 Å². The summed E-state index contributed by atoms with van der Waals surface area (Å²) in [7, 11) is 1.68. The Kier molecular flexibility index (Phi) is 2.82. The Morgan fingerprint density at radius 3 is 2.90 bits per heavy atom. The maximum atomic E-state index is 5.07. The quantitative estimate of drug-likeness (QED) is 0.767. The number of methoxy groups -OCH3 is 1. The number of thiazole rings is 1. The van der Waals surface area contributed by atoms with E-state index in [-0.39, 0.29) is 6.10 Å². The average Bonchev–Trinajstić information content (AvgIpc) is 2.34. The van der Waals surface area contributed by atoms with E-state index in [0.717, 1.165) is 9.61 Å². The first-order valence-electron chi connectivity index (χ1n) is 2.87. The molecular weight excluding hydrogens is 214 g/mol. The lowest BCUT2D eigenvalue weighted by atomic mass is 10.3. The van der Waals surface area contributed by atoms with E-state index in [2.05, 4.69) is 20.9 Å². The van der Waals surface area contributed by atoms with Crippen LogP contribution in [0.5, 0.6) is 0 Å². The topological polar surface area (TPSA) is 22.1 Å². The molecule has 1 aromatic heterocycles. The maximum absolute atomic E-state index is 5.07. The first-order chi connectivity index (χ1) is 4.74. The van der Waals surface area contributed by atoms with Crippen molar-refractivity contribution in [2.24, 2.45) is 0 Å². The van der Waals surface area contributed by atoms with Crippen LogP contribution >= 0.6 is 27.3 Å². The van der Waals surface area contributed by atoms with Gasteiger partial charge in [-0.3, -0.25) is 0 Å². The third-order valence-electron chi connectivity index (χ3n) is 1.26. The van der Waals surface area contributed by atoms with Gasteiger partial charge in [0.05, 0.1) is 11.8 Å². The van der Waals surface area contributed by atoms with E-state index in [1.165, 1.54) is 0 Å². The van der Waals surface area contributed by atoms with Gasteiger partial charge in [0.15, 0.2) is 3.92 Å². The summed E-state index contributed by atoms with van der Waals surface area (Å²) in [4.78, 5) is 4.19. The van der Waals surface area contributed by atoms with Crippen molar-refractivity contribution in [2.45, 2.75) is 13.0 Å². The van der Waals surface area contributed by atoms with Crippen LogP contribution in [0.2, 0.25) is 0 Å². The molecule has 10 heavy (non-hydrogen) atoms. The second kappa shape index (κ2) is 3.46. The van der Waals surface area contributed by atoms with Gasteiger partial charge >= 0.3 is 0 Å². The fourth-order valence-electron chi connectivity index (χ4n) is 0.571. The smallest absolute Gasteiger partial charge is 0.159 e. The molecule has 0 N–H and O–H groups in total. The van der Waals surface area contributed by atoms with Gasteiger partial charge < -0.3 is 4.74 Å². The summed E-state index contributed by atoms with van der Waals surface area (Å²) < 4.78 is 5.98. The maximum Gasteiger partial charge on any atom is 0.159 e. The van der Waals surface area contributed by atoms with E-state index in [4.69, 9.17) is 4.74 Å². The molecule has 1 rings (SSSR count). The lowest BCUT2D eigenvalue weighted by molar-refractivity contribution is 0.116. The van der Waals surface area contributed by atoms with E-state index >= 15 is 0 Å². The molecule has 0 fully saturated rings. The van der Waals surface area contributed by atoms with Crippen LogP contribution in [0.15, 0.2) is 9.30 Å². The van der Waals surface area contributed by atoms with Gasteiger partial charge in [0, 0.05) is 12.5 Å². The Morgan fingerprint density at radius 1 is 1.80 bits per heavy atom.